The molecule has 6 rings (SSSR count). The smallest absolute Gasteiger partial charge is 0.354 e. The first kappa shape index (κ1) is 30.5. The van der Waals surface area contributed by atoms with E-state index in [1.807, 2.05) is 25.7 Å². The summed E-state index contributed by atoms with van der Waals surface area (Å²) >= 11 is 6.90. The van der Waals surface area contributed by atoms with Gasteiger partial charge in [0.15, 0.2) is 11.6 Å². The molecule has 0 spiro atoms. The fourth-order valence-electron chi connectivity index (χ4n) is 6.56. The van der Waals surface area contributed by atoms with E-state index in [-0.39, 0.29) is 58.0 Å². The van der Waals surface area contributed by atoms with Crippen LogP contribution in [0.2, 0.25) is 5.02 Å². The molecule has 1 saturated heterocycles. The summed E-state index contributed by atoms with van der Waals surface area (Å²) in [5.41, 5.74) is -0.445. The number of pyridine rings is 1. The third-order valence-electron chi connectivity index (χ3n) is 8.53. The predicted molar refractivity (Wildman–Crippen MR) is 169 cm³/mol. The van der Waals surface area contributed by atoms with E-state index in [0.29, 0.717) is 36.5 Å². The molecule has 4 heterocycles. The number of ether oxygens (including phenoxy) is 1. The van der Waals surface area contributed by atoms with Crippen LogP contribution in [0.4, 0.5) is 14.6 Å². The molecule has 4 aromatic rings. The lowest BCUT2D eigenvalue weighted by Gasteiger charge is -2.47. The minimum absolute atomic E-state index is 0.00450. The Morgan fingerprint density at radius 2 is 1.98 bits per heavy atom. The van der Waals surface area contributed by atoms with Crippen molar-refractivity contribution in [2.75, 3.05) is 24.6 Å². The van der Waals surface area contributed by atoms with Crippen molar-refractivity contribution in [3.8, 4) is 28.3 Å². The standard InChI is InChI=1S/C33H32ClF2N5O4/c1-6-22(43)39-14-18(5)40-19(15-39)11-13-45-31-25-30(27(36)24(26(31)34)23-20(35)8-7-9-21(23)42)41(33(44)38-32(25)40)29-17(4)10-12-37-28(29)16(2)3/h6-10,12,16,18-19,42H,1,11,13-15H2,2-5H3. The van der Waals surface area contributed by atoms with E-state index in [0.717, 1.165) is 10.6 Å². The lowest BCUT2D eigenvalue weighted by atomic mass is 9.97. The molecule has 0 bridgehead atoms. The number of benzene rings is 2. The van der Waals surface area contributed by atoms with E-state index in [2.05, 4.69) is 16.5 Å². The zero-order valence-corrected chi connectivity index (χ0v) is 26.0. The van der Waals surface area contributed by atoms with Crippen LogP contribution in [0.3, 0.4) is 0 Å². The Balaban J connectivity index is 1.79. The number of anilines is 1. The summed E-state index contributed by atoms with van der Waals surface area (Å²) in [5.74, 6) is -2.73. The maximum Gasteiger partial charge on any atom is 0.354 e. The number of carbonyl (C=O) groups excluding carboxylic acids is 1. The monoisotopic (exact) mass is 635 g/mol. The number of rotatable bonds is 4. The van der Waals surface area contributed by atoms with Gasteiger partial charge in [0.05, 0.1) is 40.0 Å². The predicted octanol–water partition coefficient (Wildman–Crippen LogP) is 5.89. The number of halogens is 3. The first-order valence-electron chi connectivity index (χ1n) is 14.7. The Bertz CT molecular complexity index is 1930. The Morgan fingerprint density at radius 3 is 2.67 bits per heavy atom. The zero-order chi connectivity index (χ0) is 32.3. The minimum Gasteiger partial charge on any atom is -0.507 e. The SMILES string of the molecule is C=CC(=O)N1CC(C)N2c3nc(=O)n(-c4c(C)ccnc4C(C)C)c4c(F)c(-c5c(O)cccc5F)c(Cl)c(c34)OCCC2C1. The highest BCUT2D eigenvalue weighted by Gasteiger charge is 2.40. The van der Waals surface area contributed by atoms with Gasteiger partial charge in [0.2, 0.25) is 5.91 Å². The Morgan fingerprint density at radius 1 is 1.22 bits per heavy atom. The Hall–Kier alpha value is -4.51. The largest absolute Gasteiger partial charge is 0.507 e. The normalized spacial score (nSPS) is 18.0. The van der Waals surface area contributed by atoms with Crippen molar-refractivity contribution >= 4 is 34.2 Å². The molecule has 2 aromatic heterocycles. The second-order valence-electron chi connectivity index (χ2n) is 11.8. The van der Waals surface area contributed by atoms with Crippen molar-refractivity contribution in [3.05, 3.63) is 81.5 Å². The summed E-state index contributed by atoms with van der Waals surface area (Å²) in [7, 11) is 0. The van der Waals surface area contributed by atoms with E-state index in [9.17, 15) is 14.7 Å². The molecule has 234 valence electrons. The number of hydrogen-bond donors (Lipinski definition) is 1. The van der Waals surface area contributed by atoms with Gasteiger partial charge in [-0.2, -0.15) is 4.98 Å². The summed E-state index contributed by atoms with van der Waals surface area (Å²) in [4.78, 5) is 39.5. The number of phenols is 1. The van der Waals surface area contributed by atoms with Gasteiger partial charge in [-0.1, -0.05) is 38.1 Å². The Labute approximate surface area is 263 Å². The van der Waals surface area contributed by atoms with Crippen LogP contribution in [0.25, 0.3) is 27.7 Å². The summed E-state index contributed by atoms with van der Waals surface area (Å²) in [6.45, 7) is 11.8. The number of aryl methyl sites for hydroxylation is 1. The first-order valence-corrected chi connectivity index (χ1v) is 15.1. The van der Waals surface area contributed by atoms with Crippen LogP contribution < -0.4 is 15.3 Å². The van der Waals surface area contributed by atoms with Crippen LogP contribution in [0.5, 0.6) is 11.5 Å². The maximum absolute atomic E-state index is 17.3. The van der Waals surface area contributed by atoms with Crippen molar-refractivity contribution in [2.24, 2.45) is 0 Å². The molecule has 1 N–H and O–H groups in total. The highest BCUT2D eigenvalue weighted by Crippen LogP contribution is 2.50. The number of hydrogen-bond acceptors (Lipinski definition) is 7. The summed E-state index contributed by atoms with van der Waals surface area (Å²) in [6, 6.07) is 4.64. The Kier molecular flexibility index (Phi) is 7.76. The molecule has 0 radical (unpaired) electrons. The minimum atomic E-state index is -1.04. The average Bonchev–Trinajstić information content (AvgIpc) is 2.98. The number of piperazine rings is 1. The van der Waals surface area contributed by atoms with Crippen LogP contribution in [0.15, 0.2) is 47.9 Å². The van der Waals surface area contributed by atoms with Crippen LogP contribution in [0, 0.1) is 18.6 Å². The number of carbonyl (C=O) groups is 1. The van der Waals surface area contributed by atoms with Gasteiger partial charge in [-0.15, -0.1) is 0 Å². The lowest BCUT2D eigenvalue weighted by Crippen LogP contribution is -2.60. The third kappa shape index (κ3) is 4.80. The molecule has 12 heteroatoms. The summed E-state index contributed by atoms with van der Waals surface area (Å²) in [5, 5.41) is 10.6. The number of phenolic OH excluding ortho intramolecular Hbond substituents is 1. The molecule has 45 heavy (non-hydrogen) atoms. The number of aromatic nitrogens is 3. The van der Waals surface area contributed by atoms with Gasteiger partial charge in [0.25, 0.3) is 0 Å². The van der Waals surface area contributed by atoms with E-state index < -0.39 is 34.2 Å². The van der Waals surface area contributed by atoms with Gasteiger partial charge in [-0.3, -0.25) is 14.3 Å². The molecular formula is C33H32ClF2N5O4. The second kappa shape index (κ2) is 11.4. The fraction of sp³-hybridized carbons (Fsp3) is 0.333. The van der Waals surface area contributed by atoms with Gasteiger partial charge in [-0.25, -0.2) is 13.6 Å². The van der Waals surface area contributed by atoms with E-state index in [1.165, 1.54) is 18.2 Å². The quantitative estimate of drug-likeness (QED) is 0.279. The number of fused-ring (bicyclic) bond motifs is 2. The van der Waals surface area contributed by atoms with Crippen LogP contribution in [0.1, 0.15) is 44.4 Å². The van der Waals surface area contributed by atoms with Gasteiger partial charge < -0.3 is 19.6 Å². The van der Waals surface area contributed by atoms with Gasteiger partial charge in [0, 0.05) is 37.3 Å². The molecule has 0 saturated carbocycles. The molecule has 1 amide bonds. The van der Waals surface area contributed by atoms with Crippen LogP contribution in [-0.4, -0.2) is 62.2 Å². The number of aromatic hydroxyl groups is 1. The highest BCUT2D eigenvalue weighted by molar-refractivity contribution is 6.36. The van der Waals surface area contributed by atoms with Crippen molar-refractivity contribution in [2.45, 2.75) is 52.1 Å². The molecular weight excluding hydrogens is 604 g/mol. The van der Waals surface area contributed by atoms with Crippen molar-refractivity contribution < 1.29 is 23.4 Å². The van der Waals surface area contributed by atoms with Gasteiger partial charge in [0.1, 0.15) is 22.9 Å². The molecule has 1 fully saturated rings. The fourth-order valence-corrected chi connectivity index (χ4v) is 6.89. The van der Waals surface area contributed by atoms with Crippen LogP contribution >= 0.6 is 11.6 Å². The first-order chi connectivity index (χ1) is 21.5. The zero-order valence-electron chi connectivity index (χ0n) is 25.3. The molecule has 2 aliphatic rings. The molecule has 9 nitrogen and oxygen atoms in total. The second-order valence-corrected chi connectivity index (χ2v) is 12.1. The summed E-state index contributed by atoms with van der Waals surface area (Å²) < 4.78 is 40.1. The maximum atomic E-state index is 17.3. The molecule has 2 atom stereocenters. The molecule has 2 aliphatic heterocycles. The van der Waals surface area contributed by atoms with Gasteiger partial charge >= 0.3 is 5.69 Å². The highest BCUT2D eigenvalue weighted by atomic mass is 35.5. The van der Waals surface area contributed by atoms with Crippen molar-refractivity contribution in [1.29, 1.82) is 0 Å². The van der Waals surface area contributed by atoms with E-state index >= 15 is 8.78 Å². The number of nitrogens with zero attached hydrogens (tertiary/aromatic N) is 5. The lowest BCUT2D eigenvalue weighted by molar-refractivity contribution is -0.127. The molecule has 2 unspecified atom stereocenters. The third-order valence-corrected chi connectivity index (χ3v) is 8.89. The topological polar surface area (TPSA) is 101 Å². The van der Waals surface area contributed by atoms with Crippen LogP contribution in [-0.2, 0) is 4.79 Å². The molecule has 0 aliphatic carbocycles. The average molecular weight is 636 g/mol. The van der Waals surface area contributed by atoms with Crippen molar-refractivity contribution in [3.63, 3.8) is 0 Å². The van der Waals surface area contributed by atoms with Gasteiger partial charge in [-0.05, 0) is 49.6 Å². The van der Waals surface area contributed by atoms with E-state index in [4.69, 9.17) is 16.3 Å². The number of amides is 1. The molecule has 2 aromatic carbocycles. The van der Waals surface area contributed by atoms with E-state index in [1.54, 1.807) is 24.1 Å². The van der Waals surface area contributed by atoms with Crippen molar-refractivity contribution in [1.82, 2.24) is 19.4 Å². The summed E-state index contributed by atoms with van der Waals surface area (Å²) in [6.07, 6.45) is 3.28.